The third-order valence-electron chi connectivity index (χ3n) is 1.48. The molecule has 0 aromatic carbocycles. The Kier molecular flexibility index (Phi) is 6.58. The molecule has 0 saturated carbocycles. The largest absolute Gasteiger partial charge is 0.468 e. The van der Waals surface area contributed by atoms with Crippen molar-refractivity contribution in [1.29, 1.82) is 0 Å². The standard InChI is InChI=1S/C8H14O4.ClH/c1-5-12-7(10)8(2,3)6(9)11-4;/h5H2,1-4H3;1H. The molecule has 0 unspecified atom stereocenters. The molecule has 0 N–H and O–H groups in total. The van der Waals surface area contributed by atoms with Crippen molar-refractivity contribution in [2.45, 2.75) is 20.8 Å². The van der Waals surface area contributed by atoms with E-state index in [1.54, 1.807) is 6.92 Å². The highest BCUT2D eigenvalue weighted by Gasteiger charge is 2.38. The van der Waals surface area contributed by atoms with Crippen LogP contribution in [-0.2, 0) is 19.1 Å². The zero-order chi connectivity index (χ0) is 9.78. The molecule has 0 aliphatic rings. The van der Waals surface area contributed by atoms with E-state index in [2.05, 4.69) is 9.47 Å². The summed E-state index contributed by atoms with van der Waals surface area (Å²) in [6.07, 6.45) is 0. The molecular formula is C8H15ClO4. The highest BCUT2D eigenvalue weighted by molar-refractivity contribution is 5.98. The van der Waals surface area contributed by atoms with Gasteiger partial charge < -0.3 is 9.47 Å². The van der Waals surface area contributed by atoms with Gasteiger partial charge in [0.25, 0.3) is 0 Å². The molecule has 4 nitrogen and oxygen atoms in total. The first kappa shape index (κ1) is 14.7. The zero-order valence-electron chi connectivity index (χ0n) is 8.25. The fraction of sp³-hybridized carbons (Fsp3) is 0.750. The average Bonchev–Trinajstić information content (AvgIpc) is 2.03. The van der Waals surface area contributed by atoms with Crippen LogP contribution in [0.1, 0.15) is 20.8 Å². The number of carbonyl (C=O) groups is 2. The molecule has 78 valence electrons. The van der Waals surface area contributed by atoms with Gasteiger partial charge in [0, 0.05) is 0 Å². The number of hydrogen-bond donors (Lipinski definition) is 0. The number of ether oxygens (including phenoxy) is 2. The molecule has 0 atom stereocenters. The zero-order valence-corrected chi connectivity index (χ0v) is 9.06. The molecule has 0 aliphatic carbocycles. The van der Waals surface area contributed by atoms with Crippen molar-refractivity contribution in [1.82, 2.24) is 0 Å². The molecule has 0 fully saturated rings. The summed E-state index contributed by atoms with van der Waals surface area (Å²) in [5, 5.41) is 0. The van der Waals surface area contributed by atoms with Gasteiger partial charge in [-0.3, -0.25) is 9.59 Å². The topological polar surface area (TPSA) is 52.6 Å². The molecule has 0 aromatic rings. The van der Waals surface area contributed by atoms with Gasteiger partial charge in [-0.1, -0.05) is 0 Å². The van der Waals surface area contributed by atoms with E-state index in [0.717, 1.165) is 0 Å². The smallest absolute Gasteiger partial charge is 0.322 e. The van der Waals surface area contributed by atoms with Gasteiger partial charge in [-0.15, -0.1) is 12.4 Å². The predicted molar refractivity (Wildman–Crippen MR) is 49.7 cm³/mol. The van der Waals surface area contributed by atoms with E-state index in [4.69, 9.17) is 0 Å². The second kappa shape index (κ2) is 5.80. The Hall–Kier alpha value is -0.770. The van der Waals surface area contributed by atoms with Crippen LogP contribution in [0, 0.1) is 5.41 Å². The van der Waals surface area contributed by atoms with Crippen LogP contribution in [0.2, 0.25) is 0 Å². The lowest BCUT2D eigenvalue weighted by molar-refractivity contribution is -0.167. The highest BCUT2D eigenvalue weighted by atomic mass is 35.5. The van der Waals surface area contributed by atoms with Crippen LogP contribution < -0.4 is 0 Å². The van der Waals surface area contributed by atoms with Crippen molar-refractivity contribution < 1.29 is 19.1 Å². The Balaban J connectivity index is 0. The Morgan fingerprint density at radius 3 is 2.00 bits per heavy atom. The fourth-order valence-electron chi connectivity index (χ4n) is 0.650. The van der Waals surface area contributed by atoms with E-state index in [1.807, 2.05) is 0 Å². The number of esters is 2. The lowest BCUT2D eigenvalue weighted by Crippen LogP contribution is -2.35. The summed E-state index contributed by atoms with van der Waals surface area (Å²) in [7, 11) is 1.24. The SMILES string of the molecule is CCOC(=O)C(C)(C)C(=O)OC.Cl. The number of rotatable bonds is 3. The van der Waals surface area contributed by atoms with E-state index in [1.165, 1.54) is 21.0 Å². The van der Waals surface area contributed by atoms with E-state index >= 15 is 0 Å². The monoisotopic (exact) mass is 210 g/mol. The van der Waals surface area contributed by atoms with Gasteiger partial charge >= 0.3 is 11.9 Å². The van der Waals surface area contributed by atoms with E-state index < -0.39 is 17.4 Å². The third kappa shape index (κ3) is 3.63. The summed E-state index contributed by atoms with van der Waals surface area (Å²) in [5.41, 5.74) is -1.20. The average molecular weight is 211 g/mol. The second-order valence-electron chi connectivity index (χ2n) is 2.84. The lowest BCUT2D eigenvalue weighted by Gasteiger charge is -2.18. The maximum absolute atomic E-state index is 11.1. The van der Waals surface area contributed by atoms with Crippen LogP contribution >= 0.6 is 12.4 Å². The molecule has 5 heteroatoms. The van der Waals surface area contributed by atoms with Gasteiger partial charge in [0.15, 0.2) is 5.41 Å². The van der Waals surface area contributed by atoms with Gasteiger partial charge in [-0.25, -0.2) is 0 Å². The summed E-state index contributed by atoms with van der Waals surface area (Å²) in [4.78, 5) is 22.2. The first-order valence-corrected chi connectivity index (χ1v) is 3.72. The minimum Gasteiger partial charge on any atom is -0.468 e. The Labute approximate surface area is 84.0 Å². The van der Waals surface area contributed by atoms with E-state index in [0.29, 0.717) is 0 Å². The minimum atomic E-state index is -1.20. The molecular weight excluding hydrogens is 196 g/mol. The Morgan fingerprint density at radius 2 is 1.69 bits per heavy atom. The van der Waals surface area contributed by atoms with Crippen molar-refractivity contribution in [2.75, 3.05) is 13.7 Å². The molecule has 0 aliphatic heterocycles. The molecule has 0 bridgehead atoms. The number of hydrogen-bond acceptors (Lipinski definition) is 4. The third-order valence-corrected chi connectivity index (χ3v) is 1.48. The highest BCUT2D eigenvalue weighted by Crippen LogP contribution is 2.18. The van der Waals surface area contributed by atoms with Gasteiger partial charge in [-0.2, -0.15) is 0 Å². The van der Waals surface area contributed by atoms with Crippen molar-refractivity contribution in [3.63, 3.8) is 0 Å². The molecule has 0 saturated heterocycles. The molecule has 0 rings (SSSR count). The summed E-state index contributed by atoms with van der Waals surface area (Å²) >= 11 is 0. The fourth-order valence-corrected chi connectivity index (χ4v) is 0.650. The summed E-state index contributed by atoms with van der Waals surface area (Å²) < 4.78 is 9.13. The summed E-state index contributed by atoms with van der Waals surface area (Å²) in [6, 6.07) is 0. The number of halogens is 1. The Bertz CT molecular complexity index is 189. The van der Waals surface area contributed by atoms with E-state index in [-0.39, 0.29) is 19.0 Å². The van der Waals surface area contributed by atoms with Gasteiger partial charge in [0.05, 0.1) is 13.7 Å². The van der Waals surface area contributed by atoms with E-state index in [9.17, 15) is 9.59 Å². The second-order valence-corrected chi connectivity index (χ2v) is 2.84. The maximum Gasteiger partial charge on any atom is 0.322 e. The minimum absolute atomic E-state index is 0. The van der Waals surface area contributed by atoms with Crippen LogP contribution in [-0.4, -0.2) is 25.7 Å². The maximum atomic E-state index is 11.1. The first-order valence-electron chi connectivity index (χ1n) is 3.72. The molecule has 13 heavy (non-hydrogen) atoms. The number of methoxy groups -OCH3 is 1. The number of carbonyl (C=O) groups excluding carboxylic acids is 2. The first-order chi connectivity index (χ1) is 5.46. The quantitative estimate of drug-likeness (QED) is 0.518. The molecule has 0 spiro atoms. The van der Waals surface area contributed by atoms with Crippen LogP contribution in [0.3, 0.4) is 0 Å². The van der Waals surface area contributed by atoms with Crippen molar-refractivity contribution in [3.8, 4) is 0 Å². The molecule has 0 radical (unpaired) electrons. The molecule has 0 amide bonds. The predicted octanol–water partition coefficient (Wildman–Crippen LogP) is 1.17. The van der Waals surface area contributed by atoms with Crippen LogP contribution in [0.4, 0.5) is 0 Å². The van der Waals surface area contributed by atoms with Crippen molar-refractivity contribution >= 4 is 24.3 Å². The Morgan fingerprint density at radius 1 is 1.23 bits per heavy atom. The van der Waals surface area contributed by atoms with Gasteiger partial charge in [-0.05, 0) is 20.8 Å². The van der Waals surface area contributed by atoms with Gasteiger partial charge in [0.1, 0.15) is 0 Å². The van der Waals surface area contributed by atoms with Gasteiger partial charge in [0.2, 0.25) is 0 Å². The van der Waals surface area contributed by atoms with Crippen molar-refractivity contribution in [3.05, 3.63) is 0 Å². The summed E-state index contributed by atoms with van der Waals surface area (Å²) in [5.74, 6) is -1.14. The van der Waals surface area contributed by atoms with Crippen molar-refractivity contribution in [2.24, 2.45) is 5.41 Å². The normalized spacial score (nSPS) is 9.85. The molecule has 0 aromatic heterocycles. The van der Waals surface area contributed by atoms with Crippen LogP contribution in [0.5, 0.6) is 0 Å². The van der Waals surface area contributed by atoms with Crippen LogP contribution in [0.25, 0.3) is 0 Å². The molecule has 0 heterocycles. The summed E-state index contributed by atoms with van der Waals surface area (Å²) in [6.45, 7) is 4.89. The van der Waals surface area contributed by atoms with Crippen LogP contribution in [0.15, 0.2) is 0 Å². The lowest BCUT2D eigenvalue weighted by atomic mass is 9.94.